The lowest BCUT2D eigenvalue weighted by Crippen LogP contribution is -2.26. The average Bonchev–Trinajstić information content (AvgIpc) is 2.86. The zero-order valence-electron chi connectivity index (χ0n) is 9.63. The Kier molecular flexibility index (Phi) is 3.66. The van der Waals surface area contributed by atoms with Crippen molar-refractivity contribution in [2.75, 3.05) is 0 Å². The van der Waals surface area contributed by atoms with Crippen LogP contribution in [-0.4, -0.2) is 18.4 Å². The zero-order valence-corrected chi connectivity index (χ0v) is 12.1. The Morgan fingerprint density at radius 3 is 2.72 bits per heavy atom. The van der Waals surface area contributed by atoms with Gasteiger partial charge in [0.1, 0.15) is 5.01 Å². The van der Waals surface area contributed by atoms with E-state index in [1.54, 1.807) is 25.4 Å². The quantitative estimate of drug-likeness (QED) is 0.889. The minimum Gasteiger partial charge on any atom is -0.315 e. The van der Waals surface area contributed by atoms with E-state index in [4.69, 9.17) is 0 Å². The van der Waals surface area contributed by atoms with Gasteiger partial charge in [-0.25, -0.2) is 18.1 Å². The first-order valence-electron chi connectivity index (χ1n) is 5.01. The Labute approximate surface area is 112 Å². The third kappa shape index (κ3) is 2.69. The van der Waals surface area contributed by atoms with Crippen molar-refractivity contribution in [3.8, 4) is 0 Å². The van der Waals surface area contributed by atoms with Crippen molar-refractivity contribution in [3.05, 3.63) is 31.9 Å². The molecule has 0 aliphatic rings. The van der Waals surface area contributed by atoms with Gasteiger partial charge in [0.15, 0.2) is 4.21 Å². The van der Waals surface area contributed by atoms with Crippen molar-refractivity contribution in [2.24, 2.45) is 0 Å². The summed E-state index contributed by atoms with van der Waals surface area (Å²) >= 11 is 2.05. The summed E-state index contributed by atoms with van der Waals surface area (Å²) in [6, 6.07) is -0.424. The fraction of sp³-hybridized carbons (Fsp3) is 0.333. The second-order valence-electron chi connectivity index (χ2n) is 3.64. The third-order valence-corrected chi connectivity index (χ3v) is 6.28. The van der Waals surface area contributed by atoms with Crippen molar-refractivity contribution in [1.29, 1.82) is 0 Å². The lowest BCUT2D eigenvalue weighted by Gasteiger charge is -2.10. The smallest absolute Gasteiger partial charge is 0.305 e. The van der Waals surface area contributed by atoms with Crippen LogP contribution in [-0.2, 0) is 10.0 Å². The predicted molar refractivity (Wildman–Crippen MR) is 70.5 cm³/mol. The predicted octanol–water partition coefficient (Wildman–Crippen LogP) is 1.24. The number of hydrogen-bond acceptors (Lipinski definition) is 6. The average molecular weight is 305 g/mol. The molecular weight excluding hydrogens is 294 g/mol. The van der Waals surface area contributed by atoms with E-state index < -0.39 is 16.1 Å². The molecule has 0 fully saturated rings. The van der Waals surface area contributed by atoms with Gasteiger partial charge in [-0.1, -0.05) is 11.3 Å². The number of aryl methyl sites for hydroxylation is 1. The van der Waals surface area contributed by atoms with E-state index in [0.29, 0.717) is 22.0 Å². The summed E-state index contributed by atoms with van der Waals surface area (Å²) in [6.45, 7) is 3.27. The minimum atomic E-state index is -3.69. The van der Waals surface area contributed by atoms with Gasteiger partial charge in [-0.3, -0.25) is 4.79 Å². The molecule has 2 N–H and O–H groups in total. The molecule has 2 heterocycles. The van der Waals surface area contributed by atoms with E-state index >= 15 is 0 Å². The molecule has 9 heteroatoms. The standard InChI is InChI=1S/C9H11N3O3S3/c1-5(7-10-3-4-16-7)12-18(14,15)8-6(2)11-9(13)17-8/h3-5,12H,1-2H3,(H,11,13). The summed E-state index contributed by atoms with van der Waals surface area (Å²) in [6.07, 6.45) is 1.62. The summed E-state index contributed by atoms with van der Waals surface area (Å²) in [5, 5.41) is 2.46. The zero-order chi connectivity index (χ0) is 13.3. The number of H-pyrrole nitrogens is 1. The van der Waals surface area contributed by atoms with Gasteiger partial charge in [-0.2, -0.15) is 0 Å². The van der Waals surface area contributed by atoms with Crippen LogP contribution in [0, 0.1) is 6.92 Å². The molecule has 1 unspecified atom stereocenters. The number of thiazole rings is 2. The maximum Gasteiger partial charge on any atom is 0.305 e. The second-order valence-corrected chi connectivity index (χ2v) is 7.46. The molecule has 98 valence electrons. The number of rotatable bonds is 4. The first kappa shape index (κ1) is 13.4. The number of nitrogens with zero attached hydrogens (tertiary/aromatic N) is 1. The van der Waals surface area contributed by atoms with Gasteiger partial charge in [0.2, 0.25) is 0 Å². The molecule has 0 amide bonds. The molecule has 0 bridgehead atoms. The monoisotopic (exact) mass is 305 g/mol. The van der Waals surface area contributed by atoms with Crippen molar-refractivity contribution in [3.63, 3.8) is 0 Å². The van der Waals surface area contributed by atoms with Gasteiger partial charge in [0, 0.05) is 17.3 Å². The Morgan fingerprint density at radius 1 is 1.50 bits per heavy atom. The highest BCUT2D eigenvalue weighted by Gasteiger charge is 2.24. The highest BCUT2D eigenvalue weighted by molar-refractivity contribution is 7.91. The van der Waals surface area contributed by atoms with Gasteiger partial charge < -0.3 is 4.98 Å². The normalized spacial score (nSPS) is 13.7. The van der Waals surface area contributed by atoms with E-state index in [2.05, 4.69) is 14.7 Å². The van der Waals surface area contributed by atoms with Gasteiger partial charge in [0.25, 0.3) is 10.0 Å². The van der Waals surface area contributed by atoms with Crippen LogP contribution in [0.2, 0.25) is 0 Å². The van der Waals surface area contributed by atoms with Crippen LogP contribution in [0.3, 0.4) is 0 Å². The molecule has 2 aromatic heterocycles. The maximum absolute atomic E-state index is 12.1. The third-order valence-electron chi connectivity index (χ3n) is 2.18. The second kappa shape index (κ2) is 4.92. The van der Waals surface area contributed by atoms with Crippen LogP contribution in [0.25, 0.3) is 0 Å². The first-order valence-corrected chi connectivity index (χ1v) is 8.19. The summed E-state index contributed by atoms with van der Waals surface area (Å²) in [7, 11) is -3.69. The Morgan fingerprint density at radius 2 is 2.22 bits per heavy atom. The van der Waals surface area contributed by atoms with E-state index in [9.17, 15) is 13.2 Å². The Balaban J connectivity index is 2.28. The van der Waals surface area contributed by atoms with E-state index in [0.717, 1.165) is 0 Å². The van der Waals surface area contributed by atoms with Crippen molar-refractivity contribution in [2.45, 2.75) is 24.1 Å². The molecule has 0 radical (unpaired) electrons. The summed E-state index contributed by atoms with van der Waals surface area (Å²) in [5.74, 6) is 0. The van der Waals surface area contributed by atoms with Gasteiger partial charge in [-0.05, 0) is 13.8 Å². The maximum atomic E-state index is 12.1. The van der Waals surface area contributed by atoms with Crippen molar-refractivity contribution in [1.82, 2.24) is 14.7 Å². The van der Waals surface area contributed by atoms with E-state index in [1.807, 2.05) is 0 Å². The fourth-order valence-corrected chi connectivity index (χ4v) is 4.68. The number of sulfonamides is 1. The highest BCUT2D eigenvalue weighted by atomic mass is 32.2. The van der Waals surface area contributed by atoms with Crippen LogP contribution in [0.4, 0.5) is 0 Å². The number of aromatic nitrogens is 2. The van der Waals surface area contributed by atoms with Gasteiger partial charge >= 0.3 is 4.87 Å². The van der Waals surface area contributed by atoms with Crippen LogP contribution in [0.5, 0.6) is 0 Å². The van der Waals surface area contributed by atoms with Crippen molar-refractivity contribution >= 4 is 32.7 Å². The molecule has 0 aliphatic heterocycles. The number of aromatic amines is 1. The molecule has 6 nitrogen and oxygen atoms in total. The summed E-state index contributed by atoms with van der Waals surface area (Å²) in [5.41, 5.74) is 0.351. The molecule has 0 aliphatic carbocycles. The lowest BCUT2D eigenvalue weighted by molar-refractivity contribution is 0.567. The summed E-state index contributed by atoms with van der Waals surface area (Å²) < 4.78 is 26.7. The van der Waals surface area contributed by atoms with Gasteiger partial charge in [-0.15, -0.1) is 11.3 Å². The molecular formula is C9H11N3O3S3. The van der Waals surface area contributed by atoms with Crippen molar-refractivity contribution < 1.29 is 8.42 Å². The minimum absolute atomic E-state index is 0.0240. The Hall–Kier alpha value is -1.03. The van der Waals surface area contributed by atoms with Crippen LogP contribution < -0.4 is 9.60 Å². The molecule has 1 atom stereocenters. The van der Waals surface area contributed by atoms with Crippen LogP contribution >= 0.6 is 22.7 Å². The van der Waals surface area contributed by atoms with Crippen LogP contribution in [0.1, 0.15) is 23.7 Å². The van der Waals surface area contributed by atoms with E-state index in [1.165, 1.54) is 11.3 Å². The Bertz CT molecular complexity index is 684. The molecule has 0 saturated heterocycles. The molecule has 2 aromatic rings. The summed E-state index contributed by atoms with van der Waals surface area (Å²) in [4.78, 5) is 17.3. The molecule has 18 heavy (non-hydrogen) atoms. The van der Waals surface area contributed by atoms with Gasteiger partial charge in [0.05, 0.1) is 6.04 Å². The number of nitrogens with one attached hydrogen (secondary N) is 2. The first-order chi connectivity index (χ1) is 8.40. The molecule has 0 spiro atoms. The SMILES string of the molecule is Cc1[nH]c(=O)sc1S(=O)(=O)NC(C)c1nccs1. The topological polar surface area (TPSA) is 91.9 Å². The largest absolute Gasteiger partial charge is 0.315 e. The van der Waals surface area contributed by atoms with Crippen LogP contribution in [0.15, 0.2) is 20.6 Å². The lowest BCUT2D eigenvalue weighted by atomic mass is 10.4. The van der Waals surface area contributed by atoms with E-state index in [-0.39, 0.29) is 9.08 Å². The molecule has 2 rings (SSSR count). The molecule has 0 saturated carbocycles. The fourth-order valence-electron chi connectivity index (χ4n) is 1.43. The number of hydrogen-bond donors (Lipinski definition) is 2. The highest BCUT2D eigenvalue weighted by Crippen LogP contribution is 2.21. The molecule has 0 aromatic carbocycles.